The molecule has 1 saturated heterocycles. The minimum atomic E-state index is 0.0274. The number of amides is 1. The van der Waals surface area contributed by atoms with Crippen molar-refractivity contribution in [1.82, 2.24) is 15.1 Å². The second-order valence-electron chi connectivity index (χ2n) is 4.10. The molecule has 100 valence electrons. The van der Waals surface area contributed by atoms with Gasteiger partial charge in [0, 0.05) is 25.4 Å². The maximum absolute atomic E-state index is 12.2. The van der Waals surface area contributed by atoms with E-state index in [1.165, 1.54) is 11.3 Å². The van der Waals surface area contributed by atoms with Crippen molar-refractivity contribution in [1.29, 1.82) is 0 Å². The molecule has 1 aliphatic rings. The third-order valence-electron chi connectivity index (χ3n) is 2.64. The van der Waals surface area contributed by atoms with Crippen molar-refractivity contribution in [3.05, 3.63) is 5.01 Å². The van der Waals surface area contributed by atoms with Gasteiger partial charge in [0.05, 0.1) is 0 Å². The summed E-state index contributed by atoms with van der Waals surface area (Å²) in [5.41, 5.74) is 0. The van der Waals surface area contributed by atoms with Crippen LogP contribution in [0.5, 0.6) is 0 Å². The summed E-state index contributed by atoms with van der Waals surface area (Å²) in [5, 5.41) is 12.4. The van der Waals surface area contributed by atoms with E-state index < -0.39 is 0 Å². The van der Waals surface area contributed by atoms with Gasteiger partial charge in [-0.3, -0.25) is 4.79 Å². The summed E-state index contributed by atoms with van der Waals surface area (Å²) in [6, 6.07) is 0. The largest absolute Gasteiger partial charge is 0.360 e. The number of thioether (sulfide) groups is 1. The lowest BCUT2D eigenvalue weighted by molar-refractivity contribution is 0.0767. The quantitative estimate of drug-likeness (QED) is 0.916. The number of nitrogens with one attached hydrogen (secondary N) is 1. The van der Waals surface area contributed by atoms with Gasteiger partial charge in [-0.05, 0) is 18.6 Å². The molecule has 1 amide bonds. The van der Waals surface area contributed by atoms with Crippen LogP contribution in [0, 0.1) is 0 Å². The van der Waals surface area contributed by atoms with Crippen LogP contribution in [0.2, 0.25) is 0 Å². The lowest BCUT2D eigenvalue weighted by Gasteiger charge is -2.17. The van der Waals surface area contributed by atoms with E-state index in [-0.39, 0.29) is 5.91 Å². The van der Waals surface area contributed by atoms with Gasteiger partial charge in [-0.2, -0.15) is 11.8 Å². The van der Waals surface area contributed by atoms with E-state index in [4.69, 9.17) is 0 Å². The van der Waals surface area contributed by atoms with Crippen LogP contribution in [-0.4, -0.2) is 52.1 Å². The predicted octanol–water partition coefficient (Wildman–Crippen LogP) is 1.94. The third-order valence-corrected chi connectivity index (χ3v) is 4.56. The normalized spacial score (nSPS) is 16.4. The summed E-state index contributed by atoms with van der Waals surface area (Å²) in [4.78, 5) is 14.1. The molecule has 0 bridgehead atoms. The maximum atomic E-state index is 12.2. The summed E-state index contributed by atoms with van der Waals surface area (Å²) >= 11 is 3.26. The molecule has 0 aromatic carbocycles. The van der Waals surface area contributed by atoms with Crippen LogP contribution in [0.1, 0.15) is 29.6 Å². The van der Waals surface area contributed by atoms with Crippen LogP contribution in [-0.2, 0) is 0 Å². The first-order valence-electron chi connectivity index (χ1n) is 6.25. The van der Waals surface area contributed by atoms with Crippen LogP contribution in [0.15, 0.2) is 0 Å². The zero-order chi connectivity index (χ0) is 12.8. The van der Waals surface area contributed by atoms with Crippen LogP contribution < -0.4 is 5.32 Å². The zero-order valence-electron chi connectivity index (χ0n) is 10.5. The van der Waals surface area contributed by atoms with Crippen molar-refractivity contribution in [2.24, 2.45) is 0 Å². The zero-order valence-corrected chi connectivity index (χ0v) is 12.1. The standard InChI is InChI=1S/C11H18N4OS2/c1-2-4-12-11-14-13-9(18-11)10(16)15-5-3-7-17-8-6-15/h2-8H2,1H3,(H,12,14). The monoisotopic (exact) mass is 286 g/mol. The molecule has 1 N–H and O–H groups in total. The van der Waals surface area contributed by atoms with Crippen LogP contribution in [0.25, 0.3) is 0 Å². The molecule has 0 spiro atoms. The average molecular weight is 286 g/mol. The first-order chi connectivity index (χ1) is 8.81. The minimum Gasteiger partial charge on any atom is -0.360 e. The van der Waals surface area contributed by atoms with Gasteiger partial charge in [-0.1, -0.05) is 18.3 Å². The van der Waals surface area contributed by atoms with Crippen molar-refractivity contribution < 1.29 is 4.79 Å². The van der Waals surface area contributed by atoms with Gasteiger partial charge >= 0.3 is 0 Å². The summed E-state index contributed by atoms with van der Waals surface area (Å²) in [6.07, 6.45) is 2.10. The van der Waals surface area contributed by atoms with E-state index in [9.17, 15) is 4.79 Å². The van der Waals surface area contributed by atoms with Gasteiger partial charge in [0.15, 0.2) is 0 Å². The molecule has 0 radical (unpaired) electrons. The lowest BCUT2D eigenvalue weighted by Crippen LogP contribution is -2.32. The van der Waals surface area contributed by atoms with E-state index in [1.807, 2.05) is 16.7 Å². The molecule has 1 aliphatic heterocycles. The molecule has 1 fully saturated rings. The highest BCUT2D eigenvalue weighted by Crippen LogP contribution is 2.18. The highest BCUT2D eigenvalue weighted by Gasteiger charge is 2.21. The Hall–Kier alpha value is -0.820. The molecule has 18 heavy (non-hydrogen) atoms. The Morgan fingerprint density at radius 3 is 3.11 bits per heavy atom. The Kier molecular flexibility index (Phi) is 5.25. The lowest BCUT2D eigenvalue weighted by atomic mass is 10.4. The molecule has 0 aliphatic carbocycles. The Morgan fingerprint density at radius 2 is 2.28 bits per heavy atom. The summed E-state index contributed by atoms with van der Waals surface area (Å²) in [5.74, 6) is 2.19. The second kappa shape index (κ2) is 6.94. The first kappa shape index (κ1) is 13.6. The highest BCUT2D eigenvalue weighted by molar-refractivity contribution is 7.99. The molecule has 7 heteroatoms. The van der Waals surface area contributed by atoms with E-state index in [1.54, 1.807) is 0 Å². The van der Waals surface area contributed by atoms with E-state index in [0.29, 0.717) is 5.01 Å². The van der Waals surface area contributed by atoms with Crippen LogP contribution in [0.3, 0.4) is 0 Å². The van der Waals surface area contributed by atoms with Gasteiger partial charge in [0.25, 0.3) is 5.91 Å². The van der Waals surface area contributed by atoms with Crippen molar-refractivity contribution >= 4 is 34.1 Å². The van der Waals surface area contributed by atoms with E-state index >= 15 is 0 Å². The molecular weight excluding hydrogens is 268 g/mol. The Morgan fingerprint density at radius 1 is 1.39 bits per heavy atom. The van der Waals surface area contributed by atoms with Crippen molar-refractivity contribution in [3.63, 3.8) is 0 Å². The second-order valence-corrected chi connectivity index (χ2v) is 6.30. The maximum Gasteiger partial charge on any atom is 0.284 e. The molecule has 0 saturated carbocycles. The molecular formula is C11H18N4OS2. The molecule has 0 unspecified atom stereocenters. The van der Waals surface area contributed by atoms with Gasteiger partial charge < -0.3 is 10.2 Å². The van der Waals surface area contributed by atoms with Gasteiger partial charge in [-0.25, -0.2) is 0 Å². The number of carbonyl (C=O) groups is 1. The SMILES string of the molecule is CCCNc1nnc(C(=O)N2CCCSCC2)s1. The number of hydrogen-bond acceptors (Lipinski definition) is 6. The van der Waals surface area contributed by atoms with Crippen molar-refractivity contribution in [2.75, 3.05) is 36.5 Å². The highest BCUT2D eigenvalue weighted by atomic mass is 32.2. The van der Waals surface area contributed by atoms with Crippen LogP contribution in [0.4, 0.5) is 5.13 Å². The number of carbonyl (C=O) groups excluding carboxylic acids is 1. The number of nitrogens with zero attached hydrogens (tertiary/aromatic N) is 3. The number of aromatic nitrogens is 2. The molecule has 5 nitrogen and oxygen atoms in total. The van der Waals surface area contributed by atoms with Gasteiger partial charge in [0.2, 0.25) is 10.1 Å². The fraction of sp³-hybridized carbons (Fsp3) is 0.727. The summed E-state index contributed by atoms with van der Waals surface area (Å²) < 4.78 is 0. The third kappa shape index (κ3) is 3.58. The van der Waals surface area contributed by atoms with Crippen LogP contribution >= 0.6 is 23.1 Å². The van der Waals surface area contributed by atoms with E-state index in [2.05, 4.69) is 22.4 Å². The molecule has 2 rings (SSSR count). The topological polar surface area (TPSA) is 58.1 Å². The Bertz CT molecular complexity index is 388. The van der Waals surface area contributed by atoms with Crippen molar-refractivity contribution in [2.45, 2.75) is 19.8 Å². The van der Waals surface area contributed by atoms with Gasteiger partial charge in [-0.15, -0.1) is 10.2 Å². The molecule has 1 aromatic heterocycles. The number of anilines is 1. The minimum absolute atomic E-state index is 0.0274. The van der Waals surface area contributed by atoms with E-state index in [0.717, 1.165) is 49.1 Å². The summed E-state index contributed by atoms with van der Waals surface area (Å²) in [7, 11) is 0. The van der Waals surface area contributed by atoms with Crippen molar-refractivity contribution in [3.8, 4) is 0 Å². The smallest absolute Gasteiger partial charge is 0.284 e. The van der Waals surface area contributed by atoms with Gasteiger partial charge in [0.1, 0.15) is 0 Å². The summed E-state index contributed by atoms with van der Waals surface area (Å²) in [6.45, 7) is 4.61. The fourth-order valence-corrected chi connectivity index (χ4v) is 3.32. The Balaban J connectivity index is 1.96. The molecule has 2 heterocycles. The molecule has 1 aromatic rings. The average Bonchev–Trinajstić information content (AvgIpc) is 2.69. The first-order valence-corrected chi connectivity index (χ1v) is 8.22. The fourth-order valence-electron chi connectivity index (χ4n) is 1.70. The number of hydrogen-bond donors (Lipinski definition) is 1. The molecule has 0 atom stereocenters. The number of rotatable bonds is 4. The predicted molar refractivity (Wildman–Crippen MR) is 76.5 cm³/mol. The Labute approximate surface area is 115 Å².